The lowest BCUT2D eigenvalue weighted by Gasteiger charge is -2.14. The molecule has 6 heteroatoms. The largest absolute Gasteiger partial charge is 0.367 e. The van der Waals surface area contributed by atoms with Crippen LogP contribution in [-0.2, 0) is 13.6 Å². The first kappa shape index (κ1) is 16.1. The molecule has 0 fully saturated rings. The minimum absolute atomic E-state index is 0.110. The van der Waals surface area contributed by atoms with Crippen molar-refractivity contribution in [1.29, 1.82) is 0 Å². The number of nitrogens with one attached hydrogen (secondary N) is 1. The molecule has 0 spiro atoms. The monoisotopic (exact) mass is 323 g/mol. The van der Waals surface area contributed by atoms with Crippen LogP contribution in [0.3, 0.4) is 0 Å². The summed E-state index contributed by atoms with van der Waals surface area (Å²) in [4.78, 5) is 21.6. The highest BCUT2D eigenvalue weighted by atomic mass is 16.1. The Bertz CT molecular complexity index is 929. The fraction of sp³-hybridized carbons (Fsp3) is 0.278. The van der Waals surface area contributed by atoms with Crippen LogP contribution < -0.4 is 16.6 Å². The average molecular weight is 323 g/mol. The molecule has 1 aromatic carbocycles. The minimum Gasteiger partial charge on any atom is -0.367 e. The van der Waals surface area contributed by atoms with Gasteiger partial charge in [0.05, 0.1) is 17.5 Å². The SMILES string of the molecule is CC(C)Nc1nc(-c2ccc(CN)cc2)cc2ncn(C)c(=O)c12. The summed E-state index contributed by atoms with van der Waals surface area (Å²) in [5.74, 6) is 0.564. The molecule has 2 heterocycles. The first-order valence-corrected chi connectivity index (χ1v) is 7.92. The van der Waals surface area contributed by atoms with Crippen LogP contribution in [0, 0.1) is 0 Å². The van der Waals surface area contributed by atoms with E-state index in [-0.39, 0.29) is 11.6 Å². The Kier molecular flexibility index (Phi) is 4.31. The van der Waals surface area contributed by atoms with Crippen molar-refractivity contribution < 1.29 is 0 Å². The number of rotatable bonds is 4. The third-order valence-electron chi connectivity index (χ3n) is 3.81. The molecule has 0 amide bonds. The van der Waals surface area contributed by atoms with E-state index in [4.69, 9.17) is 5.73 Å². The first-order chi connectivity index (χ1) is 11.5. The highest BCUT2D eigenvalue weighted by Gasteiger charge is 2.13. The third-order valence-corrected chi connectivity index (χ3v) is 3.81. The van der Waals surface area contributed by atoms with E-state index in [0.717, 1.165) is 16.8 Å². The van der Waals surface area contributed by atoms with E-state index in [1.807, 2.05) is 44.2 Å². The lowest BCUT2D eigenvalue weighted by atomic mass is 10.1. The second-order valence-corrected chi connectivity index (χ2v) is 6.11. The van der Waals surface area contributed by atoms with Crippen LogP contribution in [0.15, 0.2) is 41.5 Å². The molecule has 3 aromatic rings. The maximum Gasteiger partial charge on any atom is 0.264 e. The van der Waals surface area contributed by atoms with Gasteiger partial charge in [-0.3, -0.25) is 4.79 Å². The molecule has 24 heavy (non-hydrogen) atoms. The van der Waals surface area contributed by atoms with Crippen molar-refractivity contribution >= 4 is 16.7 Å². The second-order valence-electron chi connectivity index (χ2n) is 6.11. The molecule has 3 rings (SSSR count). The Hall–Kier alpha value is -2.73. The number of nitrogens with two attached hydrogens (primary N) is 1. The van der Waals surface area contributed by atoms with Crippen molar-refractivity contribution in [3.63, 3.8) is 0 Å². The zero-order valence-corrected chi connectivity index (χ0v) is 14.1. The zero-order chi connectivity index (χ0) is 17.3. The molecule has 124 valence electrons. The number of aryl methyl sites for hydroxylation is 1. The van der Waals surface area contributed by atoms with Crippen LogP contribution in [0.2, 0.25) is 0 Å². The van der Waals surface area contributed by atoms with Gasteiger partial charge < -0.3 is 15.6 Å². The predicted molar refractivity (Wildman–Crippen MR) is 96.9 cm³/mol. The fourth-order valence-electron chi connectivity index (χ4n) is 2.56. The summed E-state index contributed by atoms with van der Waals surface area (Å²) in [6.07, 6.45) is 1.53. The molecular formula is C18H21N5O. The van der Waals surface area contributed by atoms with Crippen LogP contribution in [-0.4, -0.2) is 20.6 Å². The van der Waals surface area contributed by atoms with Gasteiger partial charge in [-0.1, -0.05) is 24.3 Å². The highest BCUT2D eigenvalue weighted by molar-refractivity contribution is 5.91. The summed E-state index contributed by atoms with van der Waals surface area (Å²) in [7, 11) is 1.69. The molecule has 0 bridgehead atoms. The van der Waals surface area contributed by atoms with E-state index in [9.17, 15) is 4.79 Å². The van der Waals surface area contributed by atoms with Crippen molar-refractivity contribution in [2.24, 2.45) is 12.8 Å². The number of aromatic nitrogens is 3. The number of nitrogens with zero attached hydrogens (tertiary/aromatic N) is 3. The predicted octanol–water partition coefficient (Wildman–Crippen LogP) is 2.27. The van der Waals surface area contributed by atoms with E-state index in [0.29, 0.717) is 23.3 Å². The molecule has 0 atom stereocenters. The molecular weight excluding hydrogens is 302 g/mol. The van der Waals surface area contributed by atoms with Gasteiger partial charge in [0.25, 0.3) is 5.56 Å². The Labute approximate surface area is 140 Å². The molecule has 0 aliphatic rings. The average Bonchev–Trinajstić information content (AvgIpc) is 2.57. The van der Waals surface area contributed by atoms with Crippen molar-refractivity contribution in [1.82, 2.24) is 14.5 Å². The molecule has 0 radical (unpaired) electrons. The Morgan fingerprint density at radius 3 is 2.58 bits per heavy atom. The summed E-state index contributed by atoms with van der Waals surface area (Å²) in [6, 6.07) is 9.93. The smallest absolute Gasteiger partial charge is 0.264 e. The molecule has 3 N–H and O–H groups in total. The molecule has 0 aliphatic carbocycles. The lowest BCUT2D eigenvalue weighted by molar-refractivity contribution is 0.839. The van der Waals surface area contributed by atoms with E-state index >= 15 is 0 Å². The van der Waals surface area contributed by atoms with Crippen molar-refractivity contribution in [3.05, 3.63) is 52.6 Å². The highest BCUT2D eigenvalue weighted by Crippen LogP contribution is 2.25. The van der Waals surface area contributed by atoms with Crippen molar-refractivity contribution in [2.45, 2.75) is 26.4 Å². The summed E-state index contributed by atoms with van der Waals surface area (Å²) >= 11 is 0. The van der Waals surface area contributed by atoms with Gasteiger partial charge in [0, 0.05) is 25.2 Å². The van der Waals surface area contributed by atoms with E-state index in [1.165, 1.54) is 10.9 Å². The van der Waals surface area contributed by atoms with Crippen LogP contribution >= 0.6 is 0 Å². The number of fused-ring (bicyclic) bond motifs is 1. The number of anilines is 1. The molecule has 6 nitrogen and oxygen atoms in total. The van der Waals surface area contributed by atoms with Gasteiger partial charge >= 0.3 is 0 Å². The number of hydrogen-bond acceptors (Lipinski definition) is 5. The molecule has 0 saturated heterocycles. The Morgan fingerprint density at radius 1 is 1.25 bits per heavy atom. The molecule has 0 unspecified atom stereocenters. The van der Waals surface area contributed by atoms with Gasteiger partial charge in [0.2, 0.25) is 0 Å². The van der Waals surface area contributed by atoms with Gasteiger partial charge in [0.1, 0.15) is 11.2 Å². The maximum atomic E-state index is 12.5. The Balaban J connectivity index is 2.22. The number of hydrogen-bond donors (Lipinski definition) is 2. The van der Waals surface area contributed by atoms with Gasteiger partial charge in [-0.05, 0) is 25.5 Å². The van der Waals surface area contributed by atoms with Gasteiger partial charge in [0.15, 0.2) is 0 Å². The minimum atomic E-state index is -0.110. The summed E-state index contributed by atoms with van der Waals surface area (Å²) in [6.45, 7) is 4.53. The van der Waals surface area contributed by atoms with Crippen LogP contribution in [0.1, 0.15) is 19.4 Å². The lowest BCUT2D eigenvalue weighted by Crippen LogP contribution is -2.21. The molecule has 0 saturated carbocycles. The van der Waals surface area contributed by atoms with Crippen molar-refractivity contribution in [3.8, 4) is 11.3 Å². The van der Waals surface area contributed by atoms with E-state index in [2.05, 4.69) is 15.3 Å². The Morgan fingerprint density at radius 2 is 1.96 bits per heavy atom. The first-order valence-electron chi connectivity index (χ1n) is 7.92. The fourth-order valence-corrected chi connectivity index (χ4v) is 2.56. The molecule has 2 aromatic heterocycles. The summed E-state index contributed by atoms with van der Waals surface area (Å²) < 4.78 is 1.46. The van der Waals surface area contributed by atoms with Gasteiger partial charge in [-0.2, -0.15) is 0 Å². The zero-order valence-electron chi connectivity index (χ0n) is 14.1. The summed E-state index contributed by atoms with van der Waals surface area (Å²) in [5, 5.41) is 3.77. The second kappa shape index (κ2) is 6.41. The number of pyridine rings is 1. The van der Waals surface area contributed by atoms with Crippen LogP contribution in [0.5, 0.6) is 0 Å². The number of benzene rings is 1. The van der Waals surface area contributed by atoms with Crippen LogP contribution in [0.25, 0.3) is 22.2 Å². The van der Waals surface area contributed by atoms with E-state index < -0.39 is 0 Å². The van der Waals surface area contributed by atoms with Gasteiger partial charge in [-0.25, -0.2) is 9.97 Å². The standard InChI is InChI=1S/C18H21N5O/c1-11(2)21-17-16-15(20-10-23(3)18(16)24)8-14(22-17)13-6-4-12(9-19)5-7-13/h4-8,10-11H,9,19H2,1-3H3,(H,21,22). The van der Waals surface area contributed by atoms with Gasteiger partial charge in [-0.15, -0.1) is 0 Å². The normalized spacial score (nSPS) is 11.2. The topological polar surface area (TPSA) is 85.8 Å². The molecule has 0 aliphatic heterocycles. The van der Waals surface area contributed by atoms with Crippen LogP contribution in [0.4, 0.5) is 5.82 Å². The quantitative estimate of drug-likeness (QED) is 0.769. The van der Waals surface area contributed by atoms with Crippen molar-refractivity contribution in [2.75, 3.05) is 5.32 Å². The maximum absolute atomic E-state index is 12.5. The third kappa shape index (κ3) is 3.00. The van der Waals surface area contributed by atoms with E-state index in [1.54, 1.807) is 7.05 Å². The summed E-state index contributed by atoms with van der Waals surface area (Å²) in [5.41, 5.74) is 8.97.